The van der Waals surface area contributed by atoms with E-state index in [-0.39, 0.29) is 0 Å². The summed E-state index contributed by atoms with van der Waals surface area (Å²) in [5.41, 5.74) is 0.676. The molecule has 60 valence electrons. The fourth-order valence-corrected chi connectivity index (χ4v) is 1.52. The molecule has 1 rings (SSSR count). The first-order chi connectivity index (χ1) is 4.67. The monoisotopic (exact) mass is 141 g/mol. The largest absolute Gasteiger partial charge is 0.317 e. The Morgan fingerprint density at radius 3 is 2.50 bits per heavy atom. The van der Waals surface area contributed by atoms with Crippen LogP contribution in [0.25, 0.3) is 0 Å². The van der Waals surface area contributed by atoms with Gasteiger partial charge in [0.25, 0.3) is 0 Å². The fraction of sp³-hybridized carbons (Fsp3) is 1.00. The highest BCUT2D eigenvalue weighted by molar-refractivity contribution is 4.94. The summed E-state index contributed by atoms with van der Waals surface area (Å²) >= 11 is 0. The van der Waals surface area contributed by atoms with Crippen molar-refractivity contribution in [3.63, 3.8) is 0 Å². The molecule has 0 amide bonds. The second-order valence-electron chi connectivity index (χ2n) is 4.03. The van der Waals surface area contributed by atoms with Gasteiger partial charge in [-0.15, -0.1) is 0 Å². The maximum atomic E-state index is 3.36. The molecule has 1 saturated carbocycles. The number of hydrogen-bond acceptors (Lipinski definition) is 1. The molecule has 1 heteroatoms. The first-order valence-corrected chi connectivity index (χ1v) is 4.37. The van der Waals surface area contributed by atoms with Crippen LogP contribution in [0.4, 0.5) is 0 Å². The van der Waals surface area contributed by atoms with Crippen molar-refractivity contribution in [2.24, 2.45) is 11.3 Å². The van der Waals surface area contributed by atoms with Gasteiger partial charge in [0, 0.05) is 0 Å². The number of hydrogen-bond donors (Lipinski definition) is 1. The van der Waals surface area contributed by atoms with Crippen LogP contribution in [0.3, 0.4) is 0 Å². The maximum Gasteiger partial charge on any atom is -0.00462 e. The molecule has 0 aromatic carbocycles. The van der Waals surface area contributed by atoms with Gasteiger partial charge in [-0.05, 0) is 37.3 Å². The van der Waals surface area contributed by atoms with Crippen molar-refractivity contribution in [1.29, 1.82) is 0 Å². The lowest BCUT2D eigenvalue weighted by molar-refractivity contribution is 0.515. The number of rotatable bonds is 4. The van der Waals surface area contributed by atoms with Crippen LogP contribution in [0.1, 0.15) is 33.6 Å². The van der Waals surface area contributed by atoms with Crippen LogP contribution in [0, 0.1) is 11.3 Å². The molecule has 0 radical (unpaired) electrons. The third-order valence-corrected chi connectivity index (χ3v) is 2.64. The van der Waals surface area contributed by atoms with Crippen LogP contribution >= 0.6 is 0 Å². The first-order valence-electron chi connectivity index (χ1n) is 4.37. The molecule has 1 atom stereocenters. The van der Waals surface area contributed by atoms with Crippen molar-refractivity contribution >= 4 is 0 Å². The summed E-state index contributed by atoms with van der Waals surface area (Å²) in [7, 11) is 0. The Balaban J connectivity index is 1.97. The summed E-state index contributed by atoms with van der Waals surface area (Å²) in [5.74, 6) is 1.01. The third-order valence-electron chi connectivity index (χ3n) is 2.64. The van der Waals surface area contributed by atoms with Gasteiger partial charge in [0.1, 0.15) is 0 Å². The zero-order chi connectivity index (χ0) is 7.61. The molecular formula is C9H19N. The van der Waals surface area contributed by atoms with Gasteiger partial charge >= 0.3 is 0 Å². The molecule has 1 nitrogen and oxygen atoms in total. The lowest BCUT2D eigenvalue weighted by Crippen LogP contribution is -2.15. The molecule has 10 heavy (non-hydrogen) atoms. The summed E-state index contributed by atoms with van der Waals surface area (Å²) in [6.45, 7) is 9.23. The lowest BCUT2D eigenvalue weighted by atomic mass is 10.1. The van der Waals surface area contributed by atoms with E-state index in [2.05, 4.69) is 26.1 Å². The SMILES string of the molecule is CCNCCC1CC1(C)C. The van der Waals surface area contributed by atoms with Gasteiger partial charge in [-0.25, -0.2) is 0 Å². The molecule has 0 heterocycles. The van der Waals surface area contributed by atoms with E-state index in [0.29, 0.717) is 5.41 Å². The second kappa shape index (κ2) is 2.91. The Morgan fingerprint density at radius 2 is 2.10 bits per heavy atom. The van der Waals surface area contributed by atoms with E-state index in [9.17, 15) is 0 Å². The van der Waals surface area contributed by atoms with Crippen molar-refractivity contribution in [2.75, 3.05) is 13.1 Å². The highest BCUT2D eigenvalue weighted by atomic mass is 14.8. The minimum absolute atomic E-state index is 0.676. The van der Waals surface area contributed by atoms with Crippen LogP contribution in [0.15, 0.2) is 0 Å². The smallest absolute Gasteiger partial charge is 0.00462 e. The van der Waals surface area contributed by atoms with Gasteiger partial charge in [-0.3, -0.25) is 0 Å². The molecule has 0 aromatic heterocycles. The van der Waals surface area contributed by atoms with E-state index in [0.717, 1.165) is 12.5 Å². The third kappa shape index (κ3) is 1.98. The summed E-state index contributed by atoms with van der Waals surface area (Å²) in [4.78, 5) is 0. The molecule has 0 aromatic rings. The van der Waals surface area contributed by atoms with Gasteiger partial charge in [0.05, 0.1) is 0 Å². The van der Waals surface area contributed by atoms with Crippen molar-refractivity contribution in [1.82, 2.24) is 5.32 Å². The van der Waals surface area contributed by atoms with Crippen LogP contribution < -0.4 is 5.32 Å². The van der Waals surface area contributed by atoms with Gasteiger partial charge in [0.2, 0.25) is 0 Å². The Labute approximate surface area is 64.2 Å². The zero-order valence-electron chi connectivity index (χ0n) is 7.41. The Morgan fingerprint density at radius 1 is 1.50 bits per heavy atom. The normalized spacial score (nSPS) is 28.5. The van der Waals surface area contributed by atoms with Crippen LogP contribution in [-0.2, 0) is 0 Å². The van der Waals surface area contributed by atoms with Crippen LogP contribution in [0.2, 0.25) is 0 Å². The minimum atomic E-state index is 0.676. The average molecular weight is 141 g/mol. The van der Waals surface area contributed by atoms with Crippen molar-refractivity contribution in [3.8, 4) is 0 Å². The van der Waals surface area contributed by atoms with E-state index in [1.165, 1.54) is 19.4 Å². The number of nitrogens with one attached hydrogen (secondary N) is 1. The van der Waals surface area contributed by atoms with E-state index in [4.69, 9.17) is 0 Å². The van der Waals surface area contributed by atoms with Crippen molar-refractivity contribution in [2.45, 2.75) is 33.6 Å². The summed E-state index contributed by atoms with van der Waals surface area (Å²) in [6, 6.07) is 0. The summed E-state index contributed by atoms with van der Waals surface area (Å²) in [5, 5.41) is 3.36. The Hall–Kier alpha value is -0.0400. The molecule has 0 spiro atoms. The van der Waals surface area contributed by atoms with Gasteiger partial charge in [0.15, 0.2) is 0 Å². The van der Waals surface area contributed by atoms with Crippen molar-refractivity contribution < 1.29 is 0 Å². The van der Waals surface area contributed by atoms with E-state index < -0.39 is 0 Å². The van der Waals surface area contributed by atoms with Gasteiger partial charge < -0.3 is 5.32 Å². The molecule has 1 unspecified atom stereocenters. The molecule has 1 aliphatic rings. The quantitative estimate of drug-likeness (QED) is 0.591. The highest BCUT2D eigenvalue weighted by Gasteiger charge is 2.44. The molecule has 0 aliphatic heterocycles. The zero-order valence-corrected chi connectivity index (χ0v) is 7.41. The maximum absolute atomic E-state index is 3.36. The molecule has 1 N–H and O–H groups in total. The Kier molecular flexibility index (Phi) is 2.35. The predicted molar refractivity (Wildman–Crippen MR) is 45.0 cm³/mol. The topological polar surface area (TPSA) is 12.0 Å². The molecular weight excluding hydrogens is 122 g/mol. The molecule has 1 aliphatic carbocycles. The summed E-state index contributed by atoms with van der Waals surface area (Å²) < 4.78 is 0. The minimum Gasteiger partial charge on any atom is -0.317 e. The standard InChI is InChI=1S/C9H19N/c1-4-10-6-5-8-7-9(8,2)3/h8,10H,4-7H2,1-3H3. The van der Waals surface area contributed by atoms with Crippen molar-refractivity contribution in [3.05, 3.63) is 0 Å². The molecule has 1 fully saturated rings. The van der Waals surface area contributed by atoms with E-state index in [1.54, 1.807) is 0 Å². The Bertz CT molecular complexity index is 107. The predicted octanol–water partition coefficient (Wildman–Crippen LogP) is 2.03. The van der Waals surface area contributed by atoms with Gasteiger partial charge in [-0.2, -0.15) is 0 Å². The first kappa shape index (κ1) is 8.06. The van der Waals surface area contributed by atoms with Crippen LogP contribution in [-0.4, -0.2) is 13.1 Å². The van der Waals surface area contributed by atoms with E-state index >= 15 is 0 Å². The van der Waals surface area contributed by atoms with Gasteiger partial charge in [-0.1, -0.05) is 20.8 Å². The fourth-order valence-electron chi connectivity index (χ4n) is 1.52. The average Bonchev–Trinajstić information content (AvgIpc) is 2.41. The summed E-state index contributed by atoms with van der Waals surface area (Å²) in [6.07, 6.45) is 2.82. The second-order valence-corrected chi connectivity index (χ2v) is 4.03. The van der Waals surface area contributed by atoms with Crippen LogP contribution in [0.5, 0.6) is 0 Å². The highest BCUT2D eigenvalue weighted by Crippen LogP contribution is 2.53. The molecule has 0 bridgehead atoms. The lowest BCUT2D eigenvalue weighted by Gasteiger charge is -2.02. The molecule has 0 saturated heterocycles. The van der Waals surface area contributed by atoms with E-state index in [1.807, 2.05) is 0 Å².